The van der Waals surface area contributed by atoms with Gasteiger partial charge in [-0.25, -0.2) is 14.7 Å². The van der Waals surface area contributed by atoms with Crippen molar-refractivity contribution >= 4 is 40.9 Å². The minimum Gasteiger partial charge on any atom is -0.478 e. The van der Waals surface area contributed by atoms with Gasteiger partial charge in [0.1, 0.15) is 5.03 Å². The second-order valence-electron chi connectivity index (χ2n) is 6.23. The first kappa shape index (κ1) is 19.9. The summed E-state index contributed by atoms with van der Waals surface area (Å²) < 4.78 is 0. The first-order valence-corrected chi connectivity index (χ1v) is 9.91. The van der Waals surface area contributed by atoms with Crippen LogP contribution in [0.15, 0.2) is 47.6 Å². The summed E-state index contributed by atoms with van der Waals surface area (Å²) in [7, 11) is 0. The summed E-state index contributed by atoms with van der Waals surface area (Å²) in [6.45, 7) is 5.86. The molecule has 0 aliphatic carbocycles. The Morgan fingerprint density at radius 2 is 1.89 bits per heavy atom. The van der Waals surface area contributed by atoms with E-state index in [2.05, 4.69) is 23.7 Å². The minimum atomic E-state index is -1.11. The number of nitrogens with zero attached hydrogens (tertiary/aromatic N) is 3. The molecule has 1 aromatic carbocycles. The predicted octanol–water partition coefficient (Wildman–Crippen LogP) is 3.05. The van der Waals surface area contributed by atoms with Gasteiger partial charge in [-0.1, -0.05) is 11.8 Å². The molecule has 1 aliphatic heterocycles. The van der Waals surface area contributed by atoms with Gasteiger partial charge in [-0.2, -0.15) is 0 Å². The highest BCUT2D eigenvalue weighted by molar-refractivity contribution is 8.00. The van der Waals surface area contributed by atoms with Crippen LogP contribution < -0.4 is 9.80 Å². The fourth-order valence-electron chi connectivity index (χ4n) is 3.15. The van der Waals surface area contributed by atoms with Crippen molar-refractivity contribution in [3.63, 3.8) is 0 Å². The van der Waals surface area contributed by atoms with Crippen LogP contribution in [0.2, 0.25) is 0 Å². The maximum Gasteiger partial charge on any atom is 0.338 e. The monoisotopic (exact) mass is 399 g/mol. The number of rotatable bonds is 7. The van der Waals surface area contributed by atoms with Crippen molar-refractivity contribution in [2.45, 2.75) is 30.5 Å². The number of carboxylic acids is 1. The normalized spacial score (nSPS) is 16.5. The predicted molar refractivity (Wildman–Crippen MR) is 108 cm³/mol. The number of amides is 2. The number of thioether (sulfide) groups is 1. The van der Waals surface area contributed by atoms with Crippen LogP contribution in [0.5, 0.6) is 0 Å². The molecule has 3 rings (SSSR count). The average Bonchev–Trinajstić information content (AvgIpc) is 2.97. The van der Waals surface area contributed by atoms with Gasteiger partial charge in [-0.3, -0.25) is 9.59 Å². The molecule has 8 heteroatoms. The SMILES string of the molecule is CCN(CC)c1ccc(N2C(=O)CC(Sc3ncccc3C(=O)O)C2=O)cc1. The fourth-order valence-corrected chi connectivity index (χ4v) is 4.26. The highest BCUT2D eigenvalue weighted by Gasteiger charge is 2.40. The largest absolute Gasteiger partial charge is 0.478 e. The van der Waals surface area contributed by atoms with Gasteiger partial charge in [0.2, 0.25) is 11.8 Å². The minimum absolute atomic E-state index is 0.0108. The van der Waals surface area contributed by atoms with Crippen molar-refractivity contribution in [2.75, 3.05) is 22.9 Å². The quantitative estimate of drug-likeness (QED) is 0.716. The van der Waals surface area contributed by atoms with Gasteiger partial charge >= 0.3 is 5.97 Å². The van der Waals surface area contributed by atoms with Gasteiger partial charge in [0.05, 0.1) is 16.5 Å². The number of hydrogen-bond acceptors (Lipinski definition) is 6. The lowest BCUT2D eigenvalue weighted by Crippen LogP contribution is -2.31. The molecule has 1 atom stereocenters. The molecular formula is C20H21N3O4S. The third-order valence-electron chi connectivity index (χ3n) is 4.60. The third kappa shape index (κ3) is 3.87. The smallest absolute Gasteiger partial charge is 0.338 e. The Kier molecular flexibility index (Phi) is 5.99. The van der Waals surface area contributed by atoms with E-state index in [1.165, 1.54) is 23.2 Å². The van der Waals surface area contributed by atoms with Crippen molar-refractivity contribution in [1.82, 2.24) is 4.98 Å². The number of carbonyl (C=O) groups excluding carboxylic acids is 2. The molecule has 2 heterocycles. The van der Waals surface area contributed by atoms with Crippen molar-refractivity contribution < 1.29 is 19.5 Å². The van der Waals surface area contributed by atoms with Gasteiger partial charge in [-0.05, 0) is 50.2 Å². The van der Waals surface area contributed by atoms with Crippen LogP contribution in [0.3, 0.4) is 0 Å². The summed E-state index contributed by atoms with van der Waals surface area (Å²) in [4.78, 5) is 44.1. The molecule has 1 unspecified atom stereocenters. The van der Waals surface area contributed by atoms with E-state index in [1.807, 2.05) is 12.1 Å². The van der Waals surface area contributed by atoms with Gasteiger partial charge < -0.3 is 10.0 Å². The Morgan fingerprint density at radius 3 is 2.50 bits per heavy atom. The number of carboxylic acid groups (broad SMARTS) is 1. The zero-order chi connectivity index (χ0) is 20.3. The number of carbonyl (C=O) groups is 3. The average molecular weight is 399 g/mol. The van der Waals surface area contributed by atoms with E-state index in [0.717, 1.165) is 30.5 Å². The molecular weight excluding hydrogens is 378 g/mol. The Morgan fingerprint density at radius 1 is 1.21 bits per heavy atom. The van der Waals surface area contributed by atoms with Crippen LogP contribution in [0.1, 0.15) is 30.6 Å². The molecule has 2 amide bonds. The molecule has 0 spiro atoms. The number of imide groups is 1. The molecule has 1 aromatic heterocycles. The van der Waals surface area contributed by atoms with E-state index in [4.69, 9.17) is 0 Å². The van der Waals surface area contributed by atoms with Gasteiger partial charge in [-0.15, -0.1) is 0 Å². The molecule has 1 saturated heterocycles. The van der Waals surface area contributed by atoms with Crippen LogP contribution in [-0.2, 0) is 9.59 Å². The second kappa shape index (κ2) is 8.43. The first-order valence-electron chi connectivity index (χ1n) is 9.03. The van der Waals surface area contributed by atoms with Crippen molar-refractivity contribution in [2.24, 2.45) is 0 Å². The molecule has 2 aromatic rings. The molecule has 146 valence electrons. The molecule has 1 N–H and O–H groups in total. The Balaban J connectivity index is 1.80. The summed E-state index contributed by atoms with van der Waals surface area (Å²) in [5, 5.41) is 8.82. The molecule has 7 nitrogen and oxygen atoms in total. The van der Waals surface area contributed by atoms with Crippen LogP contribution in [0.25, 0.3) is 0 Å². The van der Waals surface area contributed by atoms with E-state index >= 15 is 0 Å². The highest BCUT2D eigenvalue weighted by atomic mass is 32.2. The van der Waals surface area contributed by atoms with E-state index in [0.29, 0.717) is 5.69 Å². The summed E-state index contributed by atoms with van der Waals surface area (Å²) in [6.07, 6.45) is 1.48. The summed E-state index contributed by atoms with van der Waals surface area (Å²) in [5.74, 6) is -1.77. The molecule has 0 saturated carbocycles. The molecule has 28 heavy (non-hydrogen) atoms. The number of aromatic carboxylic acids is 1. The van der Waals surface area contributed by atoms with Crippen molar-refractivity contribution in [1.29, 1.82) is 0 Å². The Hall–Kier alpha value is -2.87. The second-order valence-corrected chi connectivity index (χ2v) is 7.42. The Labute approximate surface area is 167 Å². The molecule has 0 radical (unpaired) electrons. The third-order valence-corrected chi connectivity index (χ3v) is 5.80. The standard InChI is InChI=1S/C20H21N3O4S/c1-3-22(4-2)13-7-9-14(10-8-13)23-17(24)12-16(19(23)25)28-18-15(20(26)27)6-5-11-21-18/h5-11,16H,3-4,12H2,1-2H3,(H,26,27). The van der Waals surface area contributed by atoms with Crippen LogP contribution in [-0.4, -0.2) is 46.2 Å². The maximum atomic E-state index is 12.8. The lowest BCUT2D eigenvalue weighted by molar-refractivity contribution is -0.121. The van der Waals surface area contributed by atoms with E-state index in [9.17, 15) is 19.5 Å². The van der Waals surface area contributed by atoms with Crippen LogP contribution >= 0.6 is 11.8 Å². The van der Waals surface area contributed by atoms with Gasteiger partial charge in [0, 0.05) is 31.4 Å². The van der Waals surface area contributed by atoms with Gasteiger partial charge in [0.15, 0.2) is 0 Å². The summed E-state index contributed by atoms with van der Waals surface area (Å²) in [5.41, 5.74) is 1.57. The Bertz CT molecular complexity index is 897. The number of aromatic nitrogens is 1. The lowest BCUT2D eigenvalue weighted by Gasteiger charge is -2.22. The van der Waals surface area contributed by atoms with Crippen LogP contribution in [0, 0.1) is 0 Å². The highest BCUT2D eigenvalue weighted by Crippen LogP contribution is 2.35. The zero-order valence-corrected chi connectivity index (χ0v) is 16.5. The molecule has 1 fully saturated rings. The topological polar surface area (TPSA) is 90.8 Å². The van der Waals surface area contributed by atoms with E-state index < -0.39 is 11.2 Å². The van der Waals surface area contributed by atoms with Crippen molar-refractivity contribution in [3.05, 3.63) is 48.2 Å². The van der Waals surface area contributed by atoms with Crippen molar-refractivity contribution in [3.8, 4) is 0 Å². The summed E-state index contributed by atoms with van der Waals surface area (Å²) in [6, 6.07) is 10.3. The van der Waals surface area contributed by atoms with E-state index in [-0.39, 0.29) is 28.8 Å². The zero-order valence-electron chi connectivity index (χ0n) is 15.7. The van der Waals surface area contributed by atoms with Crippen LogP contribution in [0.4, 0.5) is 11.4 Å². The van der Waals surface area contributed by atoms with E-state index in [1.54, 1.807) is 12.1 Å². The molecule has 1 aliphatic rings. The molecule has 0 bridgehead atoms. The number of pyridine rings is 1. The van der Waals surface area contributed by atoms with Gasteiger partial charge in [0.25, 0.3) is 0 Å². The number of anilines is 2. The number of hydrogen-bond donors (Lipinski definition) is 1. The fraction of sp³-hybridized carbons (Fsp3) is 0.300. The maximum absolute atomic E-state index is 12.8. The lowest BCUT2D eigenvalue weighted by atomic mass is 10.2. The first-order chi connectivity index (χ1) is 13.5. The number of benzene rings is 1. The summed E-state index contributed by atoms with van der Waals surface area (Å²) >= 11 is 1.02.